The molecular formula is C15H21BrN2O2. The Labute approximate surface area is 128 Å². The molecule has 0 heterocycles. The highest BCUT2D eigenvalue weighted by Crippen LogP contribution is 2.35. The van der Waals surface area contributed by atoms with Crippen molar-refractivity contribution in [2.45, 2.75) is 46.1 Å². The molecule has 0 aromatic heterocycles. The van der Waals surface area contributed by atoms with Gasteiger partial charge in [-0.3, -0.25) is 10.1 Å². The van der Waals surface area contributed by atoms with Crippen LogP contribution in [0.4, 0.5) is 11.4 Å². The maximum absolute atomic E-state index is 10.9. The fraction of sp³-hybridized carbons (Fsp3) is 0.600. The minimum absolute atomic E-state index is 0.160. The third-order valence-corrected chi connectivity index (χ3v) is 5.19. The molecule has 1 fully saturated rings. The van der Waals surface area contributed by atoms with Gasteiger partial charge in [0.1, 0.15) is 0 Å². The van der Waals surface area contributed by atoms with E-state index in [1.807, 2.05) is 6.07 Å². The second-order valence-electron chi connectivity index (χ2n) is 5.89. The minimum atomic E-state index is -0.338. The lowest BCUT2D eigenvalue weighted by Crippen LogP contribution is -2.35. The first-order chi connectivity index (χ1) is 9.40. The van der Waals surface area contributed by atoms with Crippen molar-refractivity contribution in [1.29, 1.82) is 0 Å². The average Bonchev–Trinajstić information content (AvgIpc) is 2.38. The Kier molecular flexibility index (Phi) is 4.68. The lowest BCUT2D eigenvalue weighted by molar-refractivity contribution is -0.385. The van der Waals surface area contributed by atoms with E-state index in [-0.39, 0.29) is 10.6 Å². The van der Waals surface area contributed by atoms with Crippen molar-refractivity contribution in [2.75, 3.05) is 5.32 Å². The summed E-state index contributed by atoms with van der Waals surface area (Å²) in [6, 6.07) is 3.90. The SMILES string of the molecule is Cc1cc(NC2CCCC(C)C2C)c(Br)cc1[N+](=O)[O-]. The second kappa shape index (κ2) is 6.12. The van der Waals surface area contributed by atoms with Crippen molar-refractivity contribution in [3.8, 4) is 0 Å². The van der Waals surface area contributed by atoms with E-state index in [9.17, 15) is 10.1 Å². The van der Waals surface area contributed by atoms with Gasteiger partial charge in [0.25, 0.3) is 5.69 Å². The maximum Gasteiger partial charge on any atom is 0.273 e. The van der Waals surface area contributed by atoms with Crippen molar-refractivity contribution in [2.24, 2.45) is 11.8 Å². The highest BCUT2D eigenvalue weighted by Gasteiger charge is 2.27. The van der Waals surface area contributed by atoms with Crippen LogP contribution in [0.2, 0.25) is 0 Å². The van der Waals surface area contributed by atoms with Crippen molar-refractivity contribution in [1.82, 2.24) is 0 Å². The van der Waals surface area contributed by atoms with Crippen molar-refractivity contribution >= 4 is 27.3 Å². The summed E-state index contributed by atoms with van der Waals surface area (Å²) in [5, 5.41) is 14.5. The molecule has 0 aliphatic heterocycles. The Morgan fingerprint density at radius 1 is 1.35 bits per heavy atom. The fourth-order valence-corrected chi connectivity index (χ4v) is 3.41. The summed E-state index contributed by atoms with van der Waals surface area (Å²) >= 11 is 3.44. The first-order valence-electron chi connectivity index (χ1n) is 7.11. The molecule has 1 aliphatic carbocycles. The highest BCUT2D eigenvalue weighted by molar-refractivity contribution is 9.10. The van der Waals surface area contributed by atoms with Gasteiger partial charge in [-0.2, -0.15) is 0 Å². The van der Waals surface area contributed by atoms with Crippen LogP contribution in [0.15, 0.2) is 16.6 Å². The molecule has 20 heavy (non-hydrogen) atoms. The van der Waals surface area contributed by atoms with Gasteiger partial charge in [-0.25, -0.2) is 0 Å². The third-order valence-electron chi connectivity index (χ3n) is 4.53. The number of hydrogen-bond acceptors (Lipinski definition) is 3. The zero-order valence-corrected chi connectivity index (χ0v) is 13.7. The third kappa shape index (κ3) is 3.14. The molecule has 0 amide bonds. The quantitative estimate of drug-likeness (QED) is 0.628. The molecular weight excluding hydrogens is 320 g/mol. The van der Waals surface area contributed by atoms with Crippen LogP contribution < -0.4 is 5.32 Å². The summed E-state index contributed by atoms with van der Waals surface area (Å²) in [4.78, 5) is 10.6. The van der Waals surface area contributed by atoms with E-state index in [4.69, 9.17) is 0 Å². The predicted octanol–water partition coefficient (Wildman–Crippen LogP) is 4.90. The molecule has 0 spiro atoms. The van der Waals surface area contributed by atoms with Gasteiger partial charge >= 0.3 is 0 Å². The van der Waals surface area contributed by atoms with Crippen LogP contribution >= 0.6 is 15.9 Å². The van der Waals surface area contributed by atoms with Gasteiger partial charge in [0.05, 0.1) is 4.92 Å². The van der Waals surface area contributed by atoms with E-state index in [0.29, 0.717) is 17.5 Å². The molecule has 1 N–H and O–H groups in total. The van der Waals surface area contributed by atoms with Gasteiger partial charge in [0.2, 0.25) is 0 Å². The number of nitro benzene ring substituents is 1. The molecule has 0 bridgehead atoms. The lowest BCUT2D eigenvalue weighted by Gasteiger charge is -2.35. The first kappa shape index (κ1) is 15.3. The smallest absolute Gasteiger partial charge is 0.273 e. The number of nitrogens with one attached hydrogen (secondary N) is 1. The number of nitro groups is 1. The zero-order chi connectivity index (χ0) is 14.9. The van der Waals surface area contributed by atoms with E-state index in [0.717, 1.165) is 22.5 Å². The van der Waals surface area contributed by atoms with Gasteiger partial charge in [-0.15, -0.1) is 0 Å². The molecule has 1 aromatic carbocycles. The number of halogens is 1. The summed E-state index contributed by atoms with van der Waals surface area (Å²) < 4.78 is 0.764. The van der Waals surface area contributed by atoms with Crippen LogP contribution in [-0.4, -0.2) is 11.0 Å². The molecule has 0 radical (unpaired) electrons. The number of benzene rings is 1. The van der Waals surface area contributed by atoms with E-state index < -0.39 is 0 Å². The van der Waals surface area contributed by atoms with Crippen molar-refractivity contribution < 1.29 is 4.92 Å². The highest BCUT2D eigenvalue weighted by atomic mass is 79.9. The predicted molar refractivity (Wildman–Crippen MR) is 85.1 cm³/mol. The zero-order valence-electron chi connectivity index (χ0n) is 12.1. The van der Waals surface area contributed by atoms with Crippen LogP contribution in [-0.2, 0) is 0 Å². The Morgan fingerprint density at radius 2 is 2.05 bits per heavy atom. The second-order valence-corrected chi connectivity index (χ2v) is 6.75. The topological polar surface area (TPSA) is 55.2 Å². The van der Waals surface area contributed by atoms with Crippen LogP contribution in [0, 0.1) is 28.9 Å². The van der Waals surface area contributed by atoms with E-state index >= 15 is 0 Å². The molecule has 4 nitrogen and oxygen atoms in total. The summed E-state index contributed by atoms with van der Waals surface area (Å²) in [6.07, 6.45) is 3.69. The lowest BCUT2D eigenvalue weighted by atomic mass is 9.78. The normalized spacial score (nSPS) is 26.3. The number of aryl methyl sites for hydroxylation is 1. The first-order valence-corrected chi connectivity index (χ1v) is 7.90. The largest absolute Gasteiger partial charge is 0.381 e. The molecule has 110 valence electrons. The van der Waals surface area contributed by atoms with Gasteiger partial charge < -0.3 is 5.32 Å². The van der Waals surface area contributed by atoms with Crippen molar-refractivity contribution in [3.63, 3.8) is 0 Å². The number of rotatable bonds is 3. The maximum atomic E-state index is 10.9. The van der Waals surface area contributed by atoms with Crippen LogP contribution in [0.1, 0.15) is 38.7 Å². The monoisotopic (exact) mass is 340 g/mol. The Balaban J connectivity index is 2.21. The van der Waals surface area contributed by atoms with Gasteiger partial charge in [-0.05, 0) is 47.2 Å². The number of nitrogens with zero attached hydrogens (tertiary/aromatic N) is 1. The minimum Gasteiger partial charge on any atom is -0.381 e. The van der Waals surface area contributed by atoms with E-state index in [1.54, 1.807) is 13.0 Å². The van der Waals surface area contributed by atoms with Gasteiger partial charge in [-0.1, -0.05) is 26.7 Å². The molecule has 1 aromatic rings. The Bertz CT molecular complexity index is 519. The van der Waals surface area contributed by atoms with Crippen LogP contribution in [0.3, 0.4) is 0 Å². The van der Waals surface area contributed by atoms with Gasteiger partial charge in [0.15, 0.2) is 0 Å². The Morgan fingerprint density at radius 3 is 2.70 bits per heavy atom. The summed E-state index contributed by atoms with van der Waals surface area (Å²) in [5.41, 5.74) is 1.81. The fourth-order valence-electron chi connectivity index (χ4n) is 2.96. The van der Waals surface area contributed by atoms with E-state index in [1.165, 1.54) is 12.8 Å². The van der Waals surface area contributed by atoms with E-state index in [2.05, 4.69) is 35.1 Å². The summed E-state index contributed by atoms with van der Waals surface area (Å²) in [5.74, 6) is 1.34. The molecule has 1 aliphatic rings. The molecule has 2 rings (SSSR count). The standard InChI is InChI=1S/C15H21BrN2O2/c1-9-5-4-6-13(11(9)3)17-14-7-10(2)15(18(19)20)8-12(14)16/h7-9,11,13,17H,4-6H2,1-3H3. The number of hydrogen-bond donors (Lipinski definition) is 1. The Hall–Kier alpha value is -1.10. The van der Waals surface area contributed by atoms with Crippen LogP contribution in [0.5, 0.6) is 0 Å². The van der Waals surface area contributed by atoms with Crippen LogP contribution in [0.25, 0.3) is 0 Å². The summed E-state index contributed by atoms with van der Waals surface area (Å²) in [6.45, 7) is 6.37. The molecule has 0 saturated heterocycles. The number of anilines is 1. The molecule has 3 unspecified atom stereocenters. The summed E-state index contributed by atoms with van der Waals surface area (Å²) in [7, 11) is 0. The van der Waals surface area contributed by atoms with Crippen molar-refractivity contribution in [3.05, 3.63) is 32.3 Å². The average molecular weight is 341 g/mol. The molecule has 5 heteroatoms. The van der Waals surface area contributed by atoms with Gasteiger partial charge in [0, 0.05) is 27.8 Å². The molecule has 1 saturated carbocycles. The molecule has 3 atom stereocenters.